The molecule has 0 amide bonds. The molecule has 0 atom stereocenters. The molecule has 0 saturated carbocycles. The number of anilines is 2. The summed E-state index contributed by atoms with van der Waals surface area (Å²) in [5.41, 5.74) is 13.5. The van der Waals surface area contributed by atoms with Gasteiger partial charge < -0.3 is 20.9 Å². The van der Waals surface area contributed by atoms with E-state index >= 15 is 0 Å². The number of hydrogen-bond donors (Lipinski definition) is 2. The molecule has 0 unspecified atom stereocenters. The molecule has 0 spiro atoms. The average molecular weight is 473 g/mol. The van der Waals surface area contributed by atoms with Gasteiger partial charge in [0.05, 0.1) is 12.8 Å². The van der Waals surface area contributed by atoms with Crippen LogP contribution in [0.5, 0.6) is 11.5 Å². The Morgan fingerprint density at radius 1 is 1.12 bits per heavy atom. The van der Waals surface area contributed by atoms with Gasteiger partial charge in [0, 0.05) is 21.1 Å². The number of ether oxygens (including phenoxy) is 2. The van der Waals surface area contributed by atoms with Crippen LogP contribution >= 0.6 is 23.1 Å². The topological polar surface area (TPSA) is 109 Å². The number of methoxy groups -OCH3 is 1. The molecule has 0 aliphatic heterocycles. The van der Waals surface area contributed by atoms with E-state index in [0.717, 1.165) is 29.1 Å². The smallest absolute Gasteiger partial charge is 0.190 e. The molecule has 0 saturated heterocycles. The van der Waals surface area contributed by atoms with Crippen LogP contribution in [0.4, 0.5) is 16.0 Å². The number of nitrogen functional groups attached to an aromatic ring is 2. The normalized spacial score (nSPS) is 11.5. The highest BCUT2D eigenvalue weighted by Crippen LogP contribution is 2.42. The van der Waals surface area contributed by atoms with Crippen LogP contribution in [-0.4, -0.2) is 51.0 Å². The molecule has 3 aromatic rings. The van der Waals surface area contributed by atoms with Crippen LogP contribution in [0.15, 0.2) is 29.4 Å². The molecule has 32 heavy (non-hydrogen) atoms. The summed E-state index contributed by atoms with van der Waals surface area (Å²) < 4.78 is 23.1. The summed E-state index contributed by atoms with van der Waals surface area (Å²) in [7, 11) is 5.73. The van der Waals surface area contributed by atoms with E-state index in [1.54, 1.807) is 18.4 Å². The Balaban J connectivity index is 1.99. The second kappa shape index (κ2) is 10.4. The van der Waals surface area contributed by atoms with E-state index in [1.165, 1.54) is 22.7 Å². The van der Waals surface area contributed by atoms with Crippen LogP contribution < -0.4 is 20.9 Å². The molecule has 2 aromatic heterocycles. The maximum Gasteiger partial charge on any atom is 0.190 e. The zero-order chi connectivity index (χ0) is 23.3. The highest BCUT2D eigenvalue weighted by Gasteiger charge is 2.30. The van der Waals surface area contributed by atoms with Crippen LogP contribution in [0.25, 0.3) is 10.6 Å². The Labute approximate surface area is 197 Å². The molecular formula is C20H26B2FN5O2S2. The lowest BCUT2D eigenvalue weighted by molar-refractivity contribution is 0.260. The third kappa shape index (κ3) is 5.66. The summed E-state index contributed by atoms with van der Waals surface area (Å²) in [6.45, 7) is 1.54. The molecule has 2 heterocycles. The number of halogens is 1. The van der Waals surface area contributed by atoms with Crippen molar-refractivity contribution in [1.29, 1.82) is 0 Å². The number of aromatic nitrogens is 3. The molecule has 7 nitrogen and oxygen atoms in total. The van der Waals surface area contributed by atoms with Gasteiger partial charge >= 0.3 is 0 Å². The summed E-state index contributed by atoms with van der Waals surface area (Å²) in [5.74, 6) is 1.72. The first-order valence-corrected chi connectivity index (χ1v) is 11.9. The molecule has 4 N–H and O–H groups in total. The minimum absolute atomic E-state index is 0.0307. The van der Waals surface area contributed by atoms with Crippen molar-refractivity contribution < 1.29 is 13.9 Å². The van der Waals surface area contributed by atoms with Crippen molar-refractivity contribution in [1.82, 2.24) is 15.0 Å². The van der Waals surface area contributed by atoms with Crippen molar-refractivity contribution in [3.63, 3.8) is 0 Å². The first kappa shape index (κ1) is 24.2. The van der Waals surface area contributed by atoms with Gasteiger partial charge in [0.2, 0.25) is 0 Å². The lowest BCUT2D eigenvalue weighted by Gasteiger charge is -2.23. The van der Waals surface area contributed by atoms with E-state index < -0.39 is 11.2 Å². The highest BCUT2D eigenvalue weighted by molar-refractivity contribution is 8.02. The first-order chi connectivity index (χ1) is 15.3. The number of aryl methyl sites for hydroxylation is 1. The van der Waals surface area contributed by atoms with Crippen LogP contribution in [-0.2, 0) is 11.0 Å². The number of thiazole rings is 1. The monoisotopic (exact) mass is 473 g/mol. The van der Waals surface area contributed by atoms with Gasteiger partial charge in [0.15, 0.2) is 16.7 Å². The number of nitrogens with zero attached hydrogens (tertiary/aromatic N) is 3. The number of hydrogen-bond acceptors (Lipinski definition) is 9. The zero-order valence-electron chi connectivity index (χ0n) is 18.6. The Morgan fingerprint density at radius 3 is 2.47 bits per heavy atom. The maximum atomic E-state index is 12.6. The predicted molar refractivity (Wildman–Crippen MR) is 135 cm³/mol. The fraction of sp³-hybridized carbons (Fsp3) is 0.350. The zero-order valence-corrected chi connectivity index (χ0v) is 20.3. The SMILES string of the molecule is BC(B)(Sc1nc(N)cc(N)n1)c1nc(-c2ccc(OC)c(OCCF)c2)sc1CCC. The van der Waals surface area contributed by atoms with Gasteiger partial charge in [-0.3, -0.25) is 0 Å². The second-order valence-corrected chi connectivity index (χ2v) is 10.2. The Morgan fingerprint density at radius 2 is 1.84 bits per heavy atom. The van der Waals surface area contributed by atoms with E-state index in [0.29, 0.717) is 28.3 Å². The van der Waals surface area contributed by atoms with E-state index in [-0.39, 0.29) is 6.61 Å². The molecule has 1 aromatic carbocycles. The molecule has 3 rings (SSSR count). The lowest BCUT2D eigenvalue weighted by atomic mass is 9.67. The molecule has 0 fully saturated rings. The van der Waals surface area contributed by atoms with Crippen LogP contribution in [0.3, 0.4) is 0 Å². The fourth-order valence-electron chi connectivity index (χ4n) is 3.20. The largest absolute Gasteiger partial charge is 0.493 e. The predicted octanol–water partition coefficient (Wildman–Crippen LogP) is 2.24. The number of thioether (sulfide) groups is 1. The Kier molecular flexibility index (Phi) is 7.89. The number of alkyl halides is 1. The third-order valence-corrected chi connectivity index (χ3v) is 6.81. The van der Waals surface area contributed by atoms with Crippen LogP contribution in [0.2, 0.25) is 0 Å². The standard InChI is InChI=1S/C20H26B2FN5O2S2/c1-3-4-14-17(20(21,22)32-19-26-15(24)10-16(25)27-19)28-18(31-14)11-5-6-12(29-2)13(9-11)30-8-7-23/h5-6,9-10H,3-4,7-8,21-22H2,1-2H3,(H4,24,25,26,27). The van der Waals surface area contributed by atoms with Gasteiger partial charge in [-0.2, -0.15) is 0 Å². The van der Waals surface area contributed by atoms with Crippen molar-refractivity contribution in [2.45, 2.75) is 29.5 Å². The van der Waals surface area contributed by atoms with E-state index in [2.05, 4.69) is 32.6 Å². The van der Waals surface area contributed by atoms with Gasteiger partial charge in [-0.1, -0.05) is 25.1 Å². The van der Waals surface area contributed by atoms with Crippen molar-refractivity contribution in [2.75, 3.05) is 31.9 Å². The van der Waals surface area contributed by atoms with Gasteiger partial charge in [-0.15, -0.1) is 11.3 Å². The summed E-state index contributed by atoms with van der Waals surface area (Å²) in [6, 6.07) is 7.12. The molecule has 168 valence electrons. The quantitative estimate of drug-likeness (QED) is 0.262. The number of benzene rings is 1. The second-order valence-electron chi connectivity index (χ2n) is 7.56. The van der Waals surface area contributed by atoms with Gasteiger partial charge in [-0.05, 0) is 24.6 Å². The molecule has 12 heteroatoms. The van der Waals surface area contributed by atoms with Crippen LogP contribution in [0, 0.1) is 0 Å². The Bertz CT molecular complexity index is 1060. The van der Waals surface area contributed by atoms with E-state index in [1.807, 2.05) is 18.2 Å². The lowest BCUT2D eigenvalue weighted by Crippen LogP contribution is -2.25. The summed E-state index contributed by atoms with van der Waals surface area (Å²) >= 11 is 3.11. The van der Waals surface area contributed by atoms with Crippen molar-refractivity contribution in [2.24, 2.45) is 0 Å². The molecular weight excluding hydrogens is 447 g/mol. The average Bonchev–Trinajstić information content (AvgIpc) is 3.16. The van der Waals surface area contributed by atoms with Gasteiger partial charge in [0.25, 0.3) is 0 Å². The van der Waals surface area contributed by atoms with Gasteiger partial charge in [-0.25, -0.2) is 19.3 Å². The van der Waals surface area contributed by atoms with Crippen molar-refractivity contribution in [3.8, 4) is 22.1 Å². The Hall–Kier alpha value is -2.46. The third-order valence-electron chi connectivity index (χ3n) is 4.58. The molecule has 0 aliphatic rings. The van der Waals surface area contributed by atoms with Crippen molar-refractivity contribution >= 4 is 50.4 Å². The van der Waals surface area contributed by atoms with E-state index in [9.17, 15) is 4.39 Å². The number of rotatable bonds is 10. The fourth-order valence-corrected chi connectivity index (χ4v) is 5.60. The highest BCUT2D eigenvalue weighted by atomic mass is 32.2. The summed E-state index contributed by atoms with van der Waals surface area (Å²) in [5, 5.41) is 1.37. The summed E-state index contributed by atoms with van der Waals surface area (Å²) in [6.07, 6.45) is 1.89. The van der Waals surface area contributed by atoms with E-state index in [4.69, 9.17) is 25.9 Å². The van der Waals surface area contributed by atoms with Crippen LogP contribution in [0.1, 0.15) is 23.9 Å². The molecule has 0 bridgehead atoms. The maximum absolute atomic E-state index is 12.6. The summed E-state index contributed by atoms with van der Waals surface area (Å²) in [4.78, 5) is 14.8. The minimum atomic E-state index is -0.572. The first-order valence-electron chi connectivity index (χ1n) is 10.2. The minimum Gasteiger partial charge on any atom is -0.493 e. The van der Waals surface area contributed by atoms with Crippen molar-refractivity contribution in [3.05, 3.63) is 34.8 Å². The molecule has 0 radical (unpaired) electrons. The molecule has 0 aliphatic carbocycles. The number of nitrogens with two attached hydrogens (primary N) is 2. The van der Waals surface area contributed by atoms with Gasteiger partial charge in [0.1, 0.15) is 45.6 Å².